The number of rotatable bonds is 7. The molecule has 0 aliphatic heterocycles. The number of ether oxygens (including phenoxy) is 2. The Labute approximate surface area is 186 Å². The number of nitrogens with one attached hydrogen (secondary N) is 2. The second-order valence-electron chi connectivity index (χ2n) is 7.40. The largest absolute Gasteiger partial charge is 0.465 e. The number of hydrogen-bond donors (Lipinski definition) is 2. The number of para-hydroxylation sites is 1. The molecule has 6 nitrogen and oxygen atoms in total. The van der Waals surface area contributed by atoms with Crippen LogP contribution in [0.4, 0.5) is 4.79 Å². The van der Waals surface area contributed by atoms with Gasteiger partial charge < -0.3 is 19.8 Å². The summed E-state index contributed by atoms with van der Waals surface area (Å²) in [5, 5.41) is 3.67. The Hall–Kier alpha value is -4.06. The first-order valence-electron chi connectivity index (χ1n) is 10.4. The number of benzene rings is 3. The van der Waals surface area contributed by atoms with E-state index in [-0.39, 0.29) is 6.61 Å². The molecule has 1 heterocycles. The van der Waals surface area contributed by atoms with E-state index in [9.17, 15) is 9.59 Å². The molecular formula is C26H24N2O4. The number of alkyl carbamates (subject to hydrolysis) is 1. The predicted octanol–water partition coefficient (Wildman–Crippen LogP) is 5.16. The first-order valence-corrected chi connectivity index (χ1v) is 10.4. The molecule has 1 amide bonds. The number of carbonyl (C=O) groups excluding carboxylic acids is 2. The van der Waals surface area contributed by atoms with Crippen LogP contribution in [0.1, 0.15) is 33.2 Å². The van der Waals surface area contributed by atoms with Crippen molar-refractivity contribution in [3.63, 3.8) is 0 Å². The molecule has 4 rings (SSSR count). The first-order chi connectivity index (χ1) is 15.7. The average molecular weight is 428 g/mol. The number of methoxy groups -OCH3 is 1. The Bertz CT molecular complexity index is 1200. The summed E-state index contributed by atoms with van der Waals surface area (Å²) in [6, 6.07) is 26.2. The van der Waals surface area contributed by atoms with E-state index in [0.29, 0.717) is 17.7 Å². The lowest BCUT2D eigenvalue weighted by atomic mass is 9.99. The van der Waals surface area contributed by atoms with Gasteiger partial charge in [-0.3, -0.25) is 0 Å². The quantitative estimate of drug-likeness (QED) is 0.398. The number of hydrogen-bond acceptors (Lipinski definition) is 4. The summed E-state index contributed by atoms with van der Waals surface area (Å²) < 4.78 is 10.5. The van der Waals surface area contributed by atoms with Crippen molar-refractivity contribution in [3.8, 4) is 0 Å². The van der Waals surface area contributed by atoms with Crippen LogP contribution in [0, 0.1) is 0 Å². The first kappa shape index (κ1) is 21.2. The molecule has 1 atom stereocenters. The highest BCUT2D eigenvalue weighted by Crippen LogP contribution is 2.29. The van der Waals surface area contributed by atoms with E-state index < -0.39 is 18.1 Å². The molecule has 6 heteroatoms. The maximum atomic E-state index is 12.7. The third kappa shape index (κ3) is 4.81. The van der Waals surface area contributed by atoms with Gasteiger partial charge in [-0.25, -0.2) is 9.59 Å². The molecule has 0 aliphatic carbocycles. The average Bonchev–Trinajstić information content (AvgIpc) is 3.23. The van der Waals surface area contributed by atoms with Gasteiger partial charge in [0.1, 0.15) is 6.61 Å². The van der Waals surface area contributed by atoms with Crippen LogP contribution in [-0.4, -0.2) is 24.2 Å². The lowest BCUT2D eigenvalue weighted by Crippen LogP contribution is -2.31. The fraction of sp³-hybridized carbons (Fsp3) is 0.154. The third-order valence-electron chi connectivity index (χ3n) is 5.26. The number of esters is 1. The van der Waals surface area contributed by atoms with Crippen molar-refractivity contribution in [3.05, 3.63) is 107 Å². The Balaban J connectivity index is 1.65. The van der Waals surface area contributed by atoms with Crippen molar-refractivity contribution >= 4 is 23.0 Å². The molecule has 0 radical (unpaired) electrons. The molecule has 2 N–H and O–H groups in total. The maximum absolute atomic E-state index is 12.7. The zero-order chi connectivity index (χ0) is 22.3. The van der Waals surface area contributed by atoms with Crippen LogP contribution in [-0.2, 0) is 22.5 Å². The van der Waals surface area contributed by atoms with Gasteiger partial charge in [0, 0.05) is 10.9 Å². The molecule has 32 heavy (non-hydrogen) atoms. The van der Waals surface area contributed by atoms with Crippen molar-refractivity contribution in [2.75, 3.05) is 7.11 Å². The van der Waals surface area contributed by atoms with E-state index in [1.54, 1.807) is 0 Å². The van der Waals surface area contributed by atoms with Gasteiger partial charge in [-0.2, -0.15) is 0 Å². The summed E-state index contributed by atoms with van der Waals surface area (Å²) in [6.45, 7) is 0.154. The number of amides is 1. The van der Waals surface area contributed by atoms with E-state index in [1.807, 2.05) is 84.9 Å². The minimum atomic E-state index is -0.566. The summed E-state index contributed by atoms with van der Waals surface area (Å²) in [5.41, 5.74) is 3.69. The molecule has 0 spiro atoms. The van der Waals surface area contributed by atoms with Crippen molar-refractivity contribution < 1.29 is 19.1 Å². The fourth-order valence-electron chi connectivity index (χ4n) is 3.73. The number of fused-ring (bicyclic) bond motifs is 1. The minimum Gasteiger partial charge on any atom is -0.465 e. The van der Waals surface area contributed by atoms with Gasteiger partial charge in [-0.1, -0.05) is 78.9 Å². The van der Waals surface area contributed by atoms with Gasteiger partial charge in [0.2, 0.25) is 0 Å². The van der Waals surface area contributed by atoms with Crippen LogP contribution in [0.3, 0.4) is 0 Å². The summed E-state index contributed by atoms with van der Waals surface area (Å²) in [7, 11) is 1.35. The lowest BCUT2D eigenvalue weighted by Gasteiger charge is -2.19. The van der Waals surface area contributed by atoms with Gasteiger partial charge in [-0.05, 0) is 23.6 Å². The Morgan fingerprint density at radius 1 is 0.875 bits per heavy atom. The highest BCUT2D eigenvalue weighted by molar-refractivity contribution is 6.05. The molecule has 0 fully saturated rings. The zero-order valence-electron chi connectivity index (χ0n) is 17.7. The van der Waals surface area contributed by atoms with Gasteiger partial charge in [0.05, 0.1) is 24.4 Å². The number of aromatic nitrogens is 1. The lowest BCUT2D eigenvalue weighted by molar-refractivity contribution is 0.0600. The smallest absolute Gasteiger partial charge is 0.408 e. The fourth-order valence-corrected chi connectivity index (χ4v) is 3.73. The zero-order valence-corrected chi connectivity index (χ0v) is 17.7. The SMILES string of the molecule is COC(=O)c1c(C(Cc2ccccc2)NC(=O)OCc2ccccc2)[nH]c2ccccc12. The monoisotopic (exact) mass is 428 g/mol. The maximum Gasteiger partial charge on any atom is 0.408 e. The standard InChI is InChI=1S/C26H24N2O4/c1-31-25(29)23-20-14-8-9-15-21(20)27-24(23)22(16-18-10-4-2-5-11-18)28-26(30)32-17-19-12-6-3-7-13-19/h2-15,22,27H,16-17H2,1H3,(H,28,30). The van der Waals surface area contributed by atoms with E-state index in [1.165, 1.54) is 7.11 Å². The highest BCUT2D eigenvalue weighted by Gasteiger charge is 2.27. The topological polar surface area (TPSA) is 80.4 Å². The minimum absolute atomic E-state index is 0.154. The summed E-state index contributed by atoms with van der Waals surface area (Å²) in [6.07, 6.45) is -0.0952. The molecule has 0 saturated heterocycles. The normalized spacial score (nSPS) is 11.7. The Morgan fingerprint density at radius 3 is 2.19 bits per heavy atom. The molecule has 0 bridgehead atoms. The molecular weight excluding hydrogens is 404 g/mol. The highest BCUT2D eigenvalue weighted by atomic mass is 16.5. The molecule has 4 aromatic rings. The second kappa shape index (κ2) is 9.83. The molecule has 1 aromatic heterocycles. The van der Waals surface area contributed by atoms with Crippen molar-refractivity contribution in [1.82, 2.24) is 10.3 Å². The van der Waals surface area contributed by atoms with Crippen LogP contribution >= 0.6 is 0 Å². The van der Waals surface area contributed by atoms with Gasteiger partial charge in [0.25, 0.3) is 0 Å². The molecule has 0 aliphatic rings. The number of carbonyl (C=O) groups is 2. The van der Waals surface area contributed by atoms with Crippen LogP contribution in [0.5, 0.6) is 0 Å². The number of H-pyrrole nitrogens is 1. The van der Waals surface area contributed by atoms with E-state index in [4.69, 9.17) is 9.47 Å². The molecule has 1 unspecified atom stereocenters. The van der Waals surface area contributed by atoms with Gasteiger partial charge in [-0.15, -0.1) is 0 Å². The second-order valence-corrected chi connectivity index (χ2v) is 7.40. The van der Waals surface area contributed by atoms with E-state index >= 15 is 0 Å². The van der Waals surface area contributed by atoms with Crippen LogP contribution in [0.15, 0.2) is 84.9 Å². The molecule has 3 aromatic carbocycles. The van der Waals surface area contributed by atoms with Crippen molar-refractivity contribution in [2.45, 2.75) is 19.1 Å². The van der Waals surface area contributed by atoms with Crippen LogP contribution < -0.4 is 5.32 Å². The van der Waals surface area contributed by atoms with Crippen LogP contribution in [0.2, 0.25) is 0 Å². The van der Waals surface area contributed by atoms with Gasteiger partial charge in [0.15, 0.2) is 0 Å². The molecule has 0 saturated carbocycles. The Kier molecular flexibility index (Phi) is 6.51. The Morgan fingerprint density at radius 2 is 1.50 bits per heavy atom. The van der Waals surface area contributed by atoms with E-state index in [0.717, 1.165) is 22.0 Å². The molecule has 162 valence electrons. The van der Waals surface area contributed by atoms with Crippen molar-refractivity contribution in [2.24, 2.45) is 0 Å². The third-order valence-corrected chi connectivity index (χ3v) is 5.26. The van der Waals surface area contributed by atoms with Crippen molar-refractivity contribution in [1.29, 1.82) is 0 Å². The number of aromatic amines is 1. The summed E-state index contributed by atoms with van der Waals surface area (Å²) in [5.74, 6) is -0.463. The van der Waals surface area contributed by atoms with Gasteiger partial charge >= 0.3 is 12.1 Å². The van der Waals surface area contributed by atoms with Crippen LogP contribution in [0.25, 0.3) is 10.9 Å². The van der Waals surface area contributed by atoms with E-state index in [2.05, 4.69) is 10.3 Å². The summed E-state index contributed by atoms with van der Waals surface area (Å²) in [4.78, 5) is 28.7. The summed E-state index contributed by atoms with van der Waals surface area (Å²) >= 11 is 0. The predicted molar refractivity (Wildman–Crippen MR) is 122 cm³/mol.